The normalized spacial score (nSPS) is 10.2. The molecule has 0 aliphatic carbocycles. The Balaban J connectivity index is 2.25. The topological polar surface area (TPSA) is 29.5 Å². The van der Waals surface area contributed by atoms with Crippen LogP contribution in [0, 0.1) is 5.82 Å². The Morgan fingerprint density at radius 2 is 1.95 bits per heavy atom. The van der Waals surface area contributed by atoms with Crippen LogP contribution >= 0.6 is 0 Å². The van der Waals surface area contributed by atoms with Gasteiger partial charge >= 0.3 is 5.97 Å². The maximum atomic E-state index is 13.2. The molecule has 0 aliphatic rings. The molecule has 0 radical (unpaired) electrons. The van der Waals surface area contributed by atoms with Crippen molar-refractivity contribution in [3.63, 3.8) is 0 Å². The standard InChI is InChI=1S/C16H16FNO2/c1-18(11-12-6-5-7-13(17)10-12)15-9-4-3-8-14(15)16(19)20-2/h3-10H,11H2,1-2H3. The zero-order valence-corrected chi connectivity index (χ0v) is 11.5. The number of hydrogen-bond donors (Lipinski definition) is 0. The number of rotatable bonds is 4. The van der Waals surface area contributed by atoms with Gasteiger partial charge in [-0.05, 0) is 29.8 Å². The van der Waals surface area contributed by atoms with Gasteiger partial charge in [0.25, 0.3) is 0 Å². The maximum absolute atomic E-state index is 13.2. The highest BCUT2D eigenvalue weighted by atomic mass is 19.1. The molecule has 0 unspecified atom stereocenters. The summed E-state index contributed by atoms with van der Waals surface area (Å²) >= 11 is 0. The van der Waals surface area contributed by atoms with Gasteiger partial charge < -0.3 is 9.64 Å². The molecule has 0 heterocycles. The number of halogens is 1. The van der Waals surface area contributed by atoms with Gasteiger partial charge in [0, 0.05) is 13.6 Å². The molecule has 2 aromatic rings. The number of hydrogen-bond acceptors (Lipinski definition) is 3. The summed E-state index contributed by atoms with van der Waals surface area (Å²) in [6, 6.07) is 13.6. The lowest BCUT2D eigenvalue weighted by Crippen LogP contribution is -2.19. The van der Waals surface area contributed by atoms with Crippen molar-refractivity contribution in [2.75, 3.05) is 19.1 Å². The van der Waals surface area contributed by atoms with Crippen LogP contribution in [0.2, 0.25) is 0 Å². The van der Waals surface area contributed by atoms with Crippen molar-refractivity contribution in [1.82, 2.24) is 0 Å². The zero-order chi connectivity index (χ0) is 14.5. The first-order valence-electron chi connectivity index (χ1n) is 6.24. The van der Waals surface area contributed by atoms with E-state index in [1.54, 1.807) is 18.2 Å². The molecule has 4 heteroatoms. The molecule has 0 atom stereocenters. The lowest BCUT2D eigenvalue weighted by atomic mass is 10.1. The maximum Gasteiger partial charge on any atom is 0.339 e. The molecule has 2 rings (SSSR count). The van der Waals surface area contributed by atoms with Crippen molar-refractivity contribution in [3.8, 4) is 0 Å². The molecule has 0 spiro atoms. The highest BCUT2D eigenvalue weighted by Gasteiger charge is 2.14. The summed E-state index contributed by atoms with van der Waals surface area (Å²) < 4.78 is 18.0. The Morgan fingerprint density at radius 1 is 1.20 bits per heavy atom. The van der Waals surface area contributed by atoms with E-state index in [0.29, 0.717) is 12.1 Å². The number of para-hydroxylation sites is 1. The van der Waals surface area contributed by atoms with E-state index in [-0.39, 0.29) is 11.8 Å². The van der Waals surface area contributed by atoms with E-state index in [1.165, 1.54) is 19.2 Å². The van der Waals surface area contributed by atoms with Gasteiger partial charge in [-0.1, -0.05) is 24.3 Å². The van der Waals surface area contributed by atoms with Crippen LogP contribution in [-0.4, -0.2) is 20.1 Å². The van der Waals surface area contributed by atoms with Gasteiger partial charge in [0.1, 0.15) is 5.82 Å². The smallest absolute Gasteiger partial charge is 0.339 e. The summed E-state index contributed by atoms with van der Waals surface area (Å²) in [5.41, 5.74) is 2.09. The number of carbonyl (C=O) groups excluding carboxylic acids is 1. The largest absolute Gasteiger partial charge is 0.465 e. The Labute approximate surface area is 117 Å². The second kappa shape index (κ2) is 6.19. The highest BCUT2D eigenvalue weighted by molar-refractivity contribution is 5.95. The second-order valence-corrected chi connectivity index (χ2v) is 4.49. The van der Waals surface area contributed by atoms with Crippen LogP contribution in [0.1, 0.15) is 15.9 Å². The molecule has 0 aliphatic heterocycles. The minimum absolute atomic E-state index is 0.267. The van der Waals surface area contributed by atoms with Gasteiger partial charge in [0.05, 0.1) is 18.4 Å². The van der Waals surface area contributed by atoms with Crippen molar-refractivity contribution in [2.45, 2.75) is 6.54 Å². The van der Waals surface area contributed by atoms with E-state index >= 15 is 0 Å². The van der Waals surface area contributed by atoms with Gasteiger partial charge in [0.2, 0.25) is 0 Å². The number of benzene rings is 2. The molecule has 20 heavy (non-hydrogen) atoms. The first kappa shape index (κ1) is 14.1. The van der Waals surface area contributed by atoms with Crippen LogP contribution in [0.25, 0.3) is 0 Å². The Hall–Kier alpha value is -2.36. The molecule has 2 aromatic carbocycles. The second-order valence-electron chi connectivity index (χ2n) is 4.49. The predicted octanol–water partition coefficient (Wildman–Crippen LogP) is 3.25. The summed E-state index contributed by atoms with van der Waals surface area (Å²) in [7, 11) is 3.21. The molecule has 0 saturated heterocycles. The van der Waals surface area contributed by atoms with E-state index in [2.05, 4.69) is 0 Å². The van der Waals surface area contributed by atoms with Crippen LogP contribution < -0.4 is 4.90 Å². The predicted molar refractivity (Wildman–Crippen MR) is 76.3 cm³/mol. The first-order chi connectivity index (χ1) is 9.61. The fraction of sp³-hybridized carbons (Fsp3) is 0.188. The third kappa shape index (κ3) is 3.15. The van der Waals surface area contributed by atoms with Gasteiger partial charge in [-0.15, -0.1) is 0 Å². The minimum atomic E-state index is -0.383. The number of methoxy groups -OCH3 is 1. The molecule has 0 N–H and O–H groups in total. The SMILES string of the molecule is COC(=O)c1ccccc1N(C)Cc1cccc(F)c1. The third-order valence-electron chi connectivity index (χ3n) is 3.03. The van der Waals surface area contributed by atoms with Crippen molar-refractivity contribution in [1.29, 1.82) is 0 Å². The summed E-state index contributed by atoms with van der Waals surface area (Å²) in [5, 5.41) is 0. The van der Waals surface area contributed by atoms with Crippen molar-refractivity contribution < 1.29 is 13.9 Å². The van der Waals surface area contributed by atoms with Crippen LogP contribution in [0.4, 0.5) is 10.1 Å². The van der Waals surface area contributed by atoms with Gasteiger partial charge in [-0.3, -0.25) is 0 Å². The fourth-order valence-electron chi connectivity index (χ4n) is 2.08. The number of carbonyl (C=O) groups is 1. The van der Waals surface area contributed by atoms with Crippen LogP contribution in [0.15, 0.2) is 48.5 Å². The van der Waals surface area contributed by atoms with E-state index in [9.17, 15) is 9.18 Å². The molecule has 3 nitrogen and oxygen atoms in total. The zero-order valence-electron chi connectivity index (χ0n) is 11.5. The number of ether oxygens (including phenoxy) is 1. The van der Waals surface area contributed by atoms with E-state index in [4.69, 9.17) is 4.74 Å². The van der Waals surface area contributed by atoms with E-state index < -0.39 is 0 Å². The average molecular weight is 273 g/mol. The summed E-state index contributed by atoms with van der Waals surface area (Å²) in [6.45, 7) is 0.506. The highest BCUT2D eigenvalue weighted by Crippen LogP contribution is 2.21. The van der Waals surface area contributed by atoms with Crippen molar-refractivity contribution >= 4 is 11.7 Å². The van der Waals surface area contributed by atoms with Crippen LogP contribution in [0.3, 0.4) is 0 Å². The third-order valence-corrected chi connectivity index (χ3v) is 3.03. The monoisotopic (exact) mass is 273 g/mol. The summed E-state index contributed by atoms with van der Waals surface area (Å²) in [4.78, 5) is 13.6. The quantitative estimate of drug-likeness (QED) is 0.801. The minimum Gasteiger partial charge on any atom is -0.465 e. The molecule has 104 valence electrons. The average Bonchev–Trinajstić information content (AvgIpc) is 2.46. The number of esters is 1. The van der Waals surface area contributed by atoms with Gasteiger partial charge in [-0.2, -0.15) is 0 Å². The Kier molecular flexibility index (Phi) is 4.35. The molecule has 0 aromatic heterocycles. The molecule has 0 amide bonds. The first-order valence-corrected chi connectivity index (χ1v) is 6.24. The van der Waals surface area contributed by atoms with Crippen LogP contribution in [-0.2, 0) is 11.3 Å². The van der Waals surface area contributed by atoms with Gasteiger partial charge in [-0.25, -0.2) is 9.18 Å². The lowest BCUT2D eigenvalue weighted by Gasteiger charge is -2.21. The van der Waals surface area contributed by atoms with Gasteiger partial charge in [0.15, 0.2) is 0 Å². The lowest BCUT2D eigenvalue weighted by molar-refractivity contribution is 0.0601. The summed E-state index contributed by atoms with van der Waals surface area (Å²) in [6.07, 6.45) is 0. The van der Waals surface area contributed by atoms with E-state index in [1.807, 2.05) is 30.1 Å². The van der Waals surface area contributed by atoms with Crippen molar-refractivity contribution in [3.05, 3.63) is 65.5 Å². The number of nitrogens with zero attached hydrogens (tertiary/aromatic N) is 1. The van der Waals surface area contributed by atoms with Crippen molar-refractivity contribution in [2.24, 2.45) is 0 Å². The van der Waals surface area contributed by atoms with E-state index in [0.717, 1.165) is 11.3 Å². The molecule has 0 bridgehead atoms. The number of anilines is 1. The molecular weight excluding hydrogens is 257 g/mol. The fourth-order valence-corrected chi connectivity index (χ4v) is 2.08. The Bertz CT molecular complexity index is 613. The molecule has 0 fully saturated rings. The Morgan fingerprint density at radius 3 is 2.65 bits per heavy atom. The van der Waals surface area contributed by atoms with Crippen LogP contribution in [0.5, 0.6) is 0 Å². The molecule has 0 saturated carbocycles. The molecular formula is C16H16FNO2. The summed E-state index contributed by atoms with van der Waals surface area (Å²) in [5.74, 6) is -0.649.